The molecule has 0 aliphatic carbocycles. The number of hydrogen-bond donors (Lipinski definition) is 3. The Morgan fingerprint density at radius 1 is 0.826 bits per heavy atom. The Labute approximate surface area is 267 Å². The summed E-state index contributed by atoms with van der Waals surface area (Å²) in [4.78, 5) is 61.1. The maximum absolute atomic E-state index is 12.7. The number of carbonyl (C=O) groups excluding carboxylic acids is 5. The molecule has 3 N–H and O–H groups in total. The van der Waals surface area contributed by atoms with E-state index in [4.69, 9.17) is 37.9 Å². The van der Waals surface area contributed by atoms with Gasteiger partial charge in [0.25, 0.3) is 0 Å². The number of allylic oxidation sites excluding steroid dienone is 1. The quantitative estimate of drug-likeness (QED) is 0.127. The number of hydrogen-bond acceptors (Lipinski definition) is 16. The second-order valence-electron chi connectivity index (χ2n) is 11.8. The summed E-state index contributed by atoms with van der Waals surface area (Å²) in [6, 6.07) is 0. The first kappa shape index (κ1) is 39.0. The zero-order valence-electron chi connectivity index (χ0n) is 27.3. The minimum atomic E-state index is -2.44. The molecule has 0 aromatic carbocycles. The number of esters is 5. The van der Waals surface area contributed by atoms with Crippen molar-refractivity contribution in [3.05, 3.63) is 11.6 Å². The van der Waals surface area contributed by atoms with Crippen LogP contribution in [0.2, 0.25) is 0 Å². The van der Waals surface area contributed by atoms with Crippen molar-refractivity contribution in [1.29, 1.82) is 0 Å². The predicted octanol–water partition coefficient (Wildman–Crippen LogP) is 0.0670. The molecule has 0 spiro atoms. The van der Waals surface area contributed by atoms with E-state index in [1.807, 2.05) is 0 Å². The summed E-state index contributed by atoms with van der Waals surface area (Å²) >= 11 is 0. The molecule has 0 aromatic rings. The smallest absolute Gasteiger partial charge is 0.333 e. The molecule has 46 heavy (non-hydrogen) atoms. The molecule has 0 amide bonds. The van der Waals surface area contributed by atoms with Crippen molar-refractivity contribution in [2.75, 3.05) is 19.8 Å². The highest BCUT2D eigenvalue weighted by Crippen LogP contribution is 2.39. The van der Waals surface area contributed by atoms with Crippen molar-refractivity contribution in [1.82, 2.24) is 0 Å². The predicted molar refractivity (Wildman–Crippen MR) is 153 cm³/mol. The zero-order chi connectivity index (χ0) is 34.9. The van der Waals surface area contributed by atoms with Crippen molar-refractivity contribution in [2.24, 2.45) is 11.8 Å². The summed E-state index contributed by atoms with van der Waals surface area (Å²) in [5, 5.41) is 33.4. The molecule has 16 heteroatoms. The average molecular weight is 663 g/mol. The van der Waals surface area contributed by atoms with Crippen molar-refractivity contribution >= 4 is 29.8 Å². The third-order valence-corrected chi connectivity index (χ3v) is 7.06. The van der Waals surface area contributed by atoms with E-state index in [1.165, 1.54) is 13.0 Å². The Morgan fingerprint density at radius 2 is 1.46 bits per heavy atom. The summed E-state index contributed by atoms with van der Waals surface area (Å²) < 4.78 is 44.2. The van der Waals surface area contributed by atoms with E-state index in [-0.39, 0.29) is 17.9 Å². The first-order valence-electron chi connectivity index (χ1n) is 14.9. The van der Waals surface area contributed by atoms with Gasteiger partial charge in [0.05, 0.1) is 5.92 Å². The van der Waals surface area contributed by atoms with Gasteiger partial charge in [-0.05, 0) is 19.8 Å². The standard InChI is InChI=1S/C30H46O16/c1-9-16(6)28(38)44-25-23(35)22(34)19(11-39-17(7)31)43-29(25)46-30(13-41-21(33)10-14(2)3)26(36)24(42-18(8)32)20(45-30)12-40-27(37)15(4)5/h9,14-15,19-20,22-26,29,34-36H,10-13H2,1-8H3/b16-9+/t19-,20-,22-,23+,24-,25-,26+,29-,30+/m1/s1. The Morgan fingerprint density at radius 3 is 2.00 bits per heavy atom. The Bertz CT molecular complexity index is 1120. The second kappa shape index (κ2) is 17.1. The van der Waals surface area contributed by atoms with E-state index in [9.17, 15) is 39.3 Å². The normalized spacial score (nSPS) is 31.4. The molecule has 2 aliphatic rings. The minimum Gasteiger partial charge on any atom is -0.463 e. The van der Waals surface area contributed by atoms with Gasteiger partial charge in [-0.3, -0.25) is 19.2 Å². The molecule has 2 rings (SSSR count). The highest BCUT2D eigenvalue weighted by molar-refractivity contribution is 5.87. The van der Waals surface area contributed by atoms with Gasteiger partial charge in [-0.15, -0.1) is 0 Å². The van der Waals surface area contributed by atoms with Gasteiger partial charge in [-0.1, -0.05) is 33.8 Å². The maximum atomic E-state index is 12.7. The third-order valence-electron chi connectivity index (χ3n) is 7.06. The van der Waals surface area contributed by atoms with Crippen LogP contribution < -0.4 is 0 Å². The van der Waals surface area contributed by atoms with Crippen molar-refractivity contribution in [3.63, 3.8) is 0 Å². The lowest BCUT2D eigenvalue weighted by atomic mass is 9.98. The highest BCUT2D eigenvalue weighted by Gasteiger charge is 2.62. The fourth-order valence-electron chi connectivity index (χ4n) is 4.46. The summed E-state index contributed by atoms with van der Waals surface area (Å²) in [6.07, 6.45) is -12.2. The Kier molecular flexibility index (Phi) is 14.5. The van der Waals surface area contributed by atoms with Crippen LogP contribution in [0.3, 0.4) is 0 Å². The summed E-state index contributed by atoms with van der Waals surface area (Å²) in [5.74, 6) is -6.94. The SMILES string of the molecule is C/C=C(\C)C(=O)O[C@H]1[C@@H](O[C@]2(COC(=O)CC(C)C)O[C@H](COC(=O)C(C)C)[C@@H](OC(C)=O)[C@@H]2O)O[C@H](COC(C)=O)[C@@H](O)[C@@H]1O. The van der Waals surface area contributed by atoms with Crippen LogP contribution >= 0.6 is 0 Å². The number of aliphatic hydroxyl groups excluding tert-OH is 3. The summed E-state index contributed by atoms with van der Waals surface area (Å²) in [5.41, 5.74) is 0.124. The van der Waals surface area contributed by atoms with E-state index in [2.05, 4.69) is 0 Å². The fraction of sp³-hybridized carbons (Fsp3) is 0.767. The number of rotatable bonds is 14. The molecule has 2 aliphatic heterocycles. The number of carbonyl (C=O) groups is 5. The van der Waals surface area contributed by atoms with E-state index in [0.717, 1.165) is 13.8 Å². The van der Waals surface area contributed by atoms with Crippen LogP contribution in [0.5, 0.6) is 0 Å². The first-order chi connectivity index (χ1) is 21.4. The van der Waals surface area contributed by atoms with Crippen LogP contribution in [0, 0.1) is 11.8 Å². The fourth-order valence-corrected chi connectivity index (χ4v) is 4.46. The van der Waals surface area contributed by atoms with E-state index in [1.54, 1.807) is 34.6 Å². The number of aliphatic hydroxyl groups is 3. The molecule has 0 aromatic heterocycles. The lowest BCUT2D eigenvalue weighted by molar-refractivity contribution is -0.384. The summed E-state index contributed by atoms with van der Waals surface area (Å²) in [7, 11) is 0. The van der Waals surface area contributed by atoms with Crippen LogP contribution in [0.1, 0.15) is 61.8 Å². The monoisotopic (exact) mass is 662 g/mol. The topological polar surface area (TPSA) is 220 Å². The Balaban J connectivity index is 2.58. The second-order valence-corrected chi connectivity index (χ2v) is 11.8. The van der Waals surface area contributed by atoms with E-state index >= 15 is 0 Å². The molecule has 0 bridgehead atoms. The van der Waals surface area contributed by atoms with Gasteiger partial charge in [-0.25, -0.2) is 4.79 Å². The number of ether oxygens (including phenoxy) is 8. The molecule has 2 heterocycles. The lowest BCUT2D eigenvalue weighted by Gasteiger charge is -2.44. The van der Waals surface area contributed by atoms with E-state index < -0.39 is 110 Å². The zero-order valence-corrected chi connectivity index (χ0v) is 27.3. The molecule has 9 atom stereocenters. The van der Waals surface area contributed by atoms with Crippen LogP contribution in [0.4, 0.5) is 0 Å². The molecular weight excluding hydrogens is 616 g/mol. The van der Waals surface area contributed by atoms with Crippen molar-refractivity contribution in [2.45, 2.75) is 117 Å². The van der Waals surface area contributed by atoms with Gasteiger partial charge in [0.1, 0.15) is 44.2 Å². The van der Waals surface area contributed by atoms with Gasteiger partial charge in [0.2, 0.25) is 12.1 Å². The molecular formula is C30H46O16. The van der Waals surface area contributed by atoms with Crippen LogP contribution in [-0.2, 0) is 61.9 Å². The van der Waals surface area contributed by atoms with Crippen molar-refractivity contribution in [3.8, 4) is 0 Å². The minimum absolute atomic E-state index is 0.0346. The molecule has 2 saturated heterocycles. The molecule has 2 fully saturated rings. The third kappa shape index (κ3) is 10.4. The maximum Gasteiger partial charge on any atom is 0.333 e. The molecule has 262 valence electrons. The lowest BCUT2D eigenvalue weighted by Crippen LogP contribution is -2.64. The highest BCUT2D eigenvalue weighted by atomic mass is 16.8. The Hall–Kier alpha value is -3.15. The molecule has 0 unspecified atom stereocenters. The van der Waals surface area contributed by atoms with Gasteiger partial charge in [0, 0.05) is 25.8 Å². The van der Waals surface area contributed by atoms with E-state index in [0.29, 0.717) is 0 Å². The van der Waals surface area contributed by atoms with Crippen LogP contribution in [0.25, 0.3) is 0 Å². The molecule has 16 nitrogen and oxygen atoms in total. The van der Waals surface area contributed by atoms with Crippen LogP contribution in [0.15, 0.2) is 11.6 Å². The van der Waals surface area contributed by atoms with Crippen LogP contribution in [-0.4, -0.2) is 120 Å². The van der Waals surface area contributed by atoms with Gasteiger partial charge < -0.3 is 53.2 Å². The first-order valence-corrected chi connectivity index (χ1v) is 14.9. The van der Waals surface area contributed by atoms with Gasteiger partial charge in [0.15, 0.2) is 18.3 Å². The van der Waals surface area contributed by atoms with Gasteiger partial charge in [-0.2, -0.15) is 0 Å². The van der Waals surface area contributed by atoms with Crippen molar-refractivity contribution < 1.29 is 77.2 Å². The summed E-state index contributed by atoms with van der Waals surface area (Å²) in [6.45, 7) is 9.93. The molecule has 0 saturated carbocycles. The molecule has 0 radical (unpaired) electrons. The average Bonchev–Trinajstić information content (AvgIpc) is 3.22. The van der Waals surface area contributed by atoms with Gasteiger partial charge >= 0.3 is 29.8 Å². The largest absolute Gasteiger partial charge is 0.463 e.